The molecule has 0 saturated carbocycles. The first kappa shape index (κ1) is 11.2. The second-order valence-corrected chi connectivity index (χ2v) is 3.48. The molecule has 1 aliphatic rings. The minimum atomic E-state index is -0.0996. The van der Waals surface area contributed by atoms with Crippen LogP contribution in [0.5, 0.6) is 0 Å². The van der Waals surface area contributed by atoms with Gasteiger partial charge >= 0.3 is 0 Å². The Bertz CT molecular complexity index is 233. The average Bonchev–Trinajstić information content (AvgIpc) is 2.12. The van der Waals surface area contributed by atoms with Crippen LogP contribution >= 0.6 is 0 Å². The Balaban J connectivity index is 2.59. The van der Waals surface area contributed by atoms with Gasteiger partial charge in [-0.1, -0.05) is 6.92 Å². The van der Waals surface area contributed by atoms with E-state index in [0.717, 1.165) is 6.42 Å². The lowest BCUT2D eigenvalue weighted by atomic mass is 10.0. The first-order chi connectivity index (χ1) is 6.67. The van der Waals surface area contributed by atoms with E-state index in [9.17, 15) is 4.79 Å². The summed E-state index contributed by atoms with van der Waals surface area (Å²) in [6.07, 6.45) is 2.80. The Morgan fingerprint density at radius 1 is 1.64 bits per heavy atom. The molecule has 1 heterocycles. The van der Waals surface area contributed by atoms with Crippen molar-refractivity contribution in [2.45, 2.75) is 45.8 Å². The third-order valence-corrected chi connectivity index (χ3v) is 2.30. The molecule has 1 aliphatic heterocycles. The second-order valence-electron chi connectivity index (χ2n) is 3.48. The predicted molar refractivity (Wildman–Crippen MR) is 54.0 cm³/mol. The summed E-state index contributed by atoms with van der Waals surface area (Å²) >= 11 is 0. The summed E-state index contributed by atoms with van der Waals surface area (Å²) in [5.41, 5.74) is 0. The minimum Gasteiger partial charge on any atom is -0.492 e. The quantitative estimate of drug-likeness (QED) is 0.693. The Labute approximate surface area is 85.1 Å². The van der Waals surface area contributed by atoms with Crippen LogP contribution in [0, 0.1) is 0 Å². The molecule has 0 aromatic carbocycles. The monoisotopic (exact) mass is 198 g/mol. The van der Waals surface area contributed by atoms with E-state index in [1.54, 1.807) is 6.08 Å². The SMILES string of the molecule is CCOC(CC)C1CC(=O)C=C(C)O1. The minimum absolute atomic E-state index is 0.0348. The molecular weight excluding hydrogens is 180 g/mol. The van der Waals surface area contributed by atoms with Gasteiger partial charge in [-0.3, -0.25) is 4.79 Å². The van der Waals surface area contributed by atoms with E-state index in [-0.39, 0.29) is 18.0 Å². The smallest absolute Gasteiger partial charge is 0.162 e. The van der Waals surface area contributed by atoms with Gasteiger partial charge in [0.25, 0.3) is 0 Å². The number of rotatable bonds is 4. The molecule has 2 unspecified atom stereocenters. The number of hydrogen-bond donors (Lipinski definition) is 0. The fraction of sp³-hybridized carbons (Fsp3) is 0.727. The largest absolute Gasteiger partial charge is 0.492 e. The number of carbonyl (C=O) groups excluding carboxylic acids is 1. The molecule has 0 fully saturated rings. The second kappa shape index (κ2) is 5.15. The van der Waals surface area contributed by atoms with Crippen molar-refractivity contribution in [3.8, 4) is 0 Å². The topological polar surface area (TPSA) is 35.5 Å². The molecule has 1 rings (SSSR count). The lowest BCUT2D eigenvalue weighted by Crippen LogP contribution is -2.35. The van der Waals surface area contributed by atoms with E-state index < -0.39 is 0 Å². The first-order valence-electron chi connectivity index (χ1n) is 5.16. The Hall–Kier alpha value is -0.830. The van der Waals surface area contributed by atoms with Crippen molar-refractivity contribution in [1.29, 1.82) is 0 Å². The van der Waals surface area contributed by atoms with Crippen LogP contribution in [0.2, 0.25) is 0 Å². The van der Waals surface area contributed by atoms with Crippen molar-refractivity contribution in [3.63, 3.8) is 0 Å². The molecule has 3 heteroatoms. The molecule has 0 radical (unpaired) electrons. The van der Waals surface area contributed by atoms with Gasteiger partial charge in [-0.05, 0) is 20.3 Å². The summed E-state index contributed by atoms with van der Waals surface area (Å²) in [4.78, 5) is 11.3. The summed E-state index contributed by atoms with van der Waals surface area (Å²) in [5, 5.41) is 0. The molecule has 0 bridgehead atoms. The summed E-state index contributed by atoms with van der Waals surface area (Å²) in [5.74, 6) is 0.835. The number of ketones is 1. The third kappa shape index (κ3) is 2.84. The number of hydrogen-bond acceptors (Lipinski definition) is 3. The molecular formula is C11H18O3. The van der Waals surface area contributed by atoms with Crippen molar-refractivity contribution in [1.82, 2.24) is 0 Å². The third-order valence-electron chi connectivity index (χ3n) is 2.30. The highest BCUT2D eigenvalue weighted by molar-refractivity contribution is 5.91. The van der Waals surface area contributed by atoms with Crippen LogP contribution in [0.15, 0.2) is 11.8 Å². The van der Waals surface area contributed by atoms with Gasteiger partial charge in [-0.25, -0.2) is 0 Å². The van der Waals surface area contributed by atoms with E-state index in [4.69, 9.17) is 9.47 Å². The van der Waals surface area contributed by atoms with Crippen LogP contribution in [0.1, 0.15) is 33.6 Å². The fourth-order valence-electron chi connectivity index (χ4n) is 1.71. The van der Waals surface area contributed by atoms with Crippen LogP contribution in [0.4, 0.5) is 0 Å². The Morgan fingerprint density at radius 2 is 2.36 bits per heavy atom. The molecule has 3 nitrogen and oxygen atoms in total. The van der Waals surface area contributed by atoms with Gasteiger partial charge in [0.1, 0.15) is 6.10 Å². The average molecular weight is 198 g/mol. The maximum atomic E-state index is 11.3. The molecule has 0 saturated heterocycles. The molecule has 80 valence electrons. The number of carbonyl (C=O) groups is 1. The molecule has 0 aromatic rings. The first-order valence-corrected chi connectivity index (χ1v) is 5.16. The fourth-order valence-corrected chi connectivity index (χ4v) is 1.71. The normalized spacial score (nSPS) is 24.1. The molecule has 14 heavy (non-hydrogen) atoms. The Kier molecular flexibility index (Phi) is 4.14. The highest BCUT2D eigenvalue weighted by Gasteiger charge is 2.27. The summed E-state index contributed by atoms with van der Waals surface area (Å²) in [6, 6.07) is 0. The van der Waals surface area contributed by atoms with Gasteiger partial charge in [0.2, 0.25) is 0 Å². The summed E-state index contributed by atoms with van der Waals surface area (Å²) < 4.78 is 11.1. The lowest BCUT2D eigenvalue weighted by Gasteiger charge is -2.29. The number of ether oxygens (including phenoxy) is 2. The molecule has 0 amide bonds. The predicted octanol–water partition coefficient (Wildman–Crippen LogP) is 2.06. The van der Waals surface area contributed by atoms with E-state index in [2.05, 4.69) is 0 Å². The van der Waals surface area contributed by atoms with E-state index in [0.29, 0.717) is 18.8 Å². The zero-order valence-electron chi connectivity index (χ0n) is 9.08. The summed E-state index contributed by atoms with van der Waals surface area (Å²) in [7, 11) is 0. The molecule has 2 atom stereocenters. The van der Waals surface area contributed by atoms with Gasteiger partial charge in [0, 0.05) is 12.7 Å². The lowest BCUT2D eigenvalue weighted by molar-refractivity contribution is -0.123. The molecule has 0 N–H and O–H groups in total. The van der Waals surface area contributed by atoms with E-state index in [1.165, 1.54) is 0 Å². The highest BCUT2D eigenvalue weighted by atomic mass is 16.5. The van der Waals surface area contributed by atoms with Crippen molar-refractivity contribution < 1.29 is 14.3 Å². The zero-order chi connectivity index (χ0) is 10.6. The van der Waals surface area contributed by atoms with Crippen molar-refractivity contribution in [2.75, 3.05) is 6.61 Å². The van der Waals surface area contributed by atoms with Crippen LogP contribution in [-0.2, 0) is 14.3 Å². The van der Waals surface area contributed by atoms with Gasteiger partial charge in [-0.2, -0.15) is 0 Å². The van der Waals surface area contributed by atoms with Gasteiger partial charge < -0.3 is 9.47 Å². The zero-order valence-corrected chi connectivity index (χ0v) is 9.08. The van der Waals surface area contributed by atoms with Crippen molar-refractivity contribution >= 4 is 5.78 Å². The van der Waals surface area contributed by atoms with Crippen molar-refractivity contribution in [2.24, 2.45) is 0 Å². The maximum absolute atomic E-state index is 11.3. The number of allylic oxidation sites excluding steroid dienone is 2. The van der Waals surface area contributed by atoms with Crippen LogP contribution < -0.4 is 0 Å². The van der Waals surface area contributed by atoms with Crippen LogP contribution in [0.3, 0.4) is 0 Å². The standard InChI is InChI=1S/C11H18O3/c1-4-10(13-5-2)11-7-9(12)6-8(3)14-11/h6,10-11H,4-5,7H2,1-3H3. The van der Waals surface area contributed by atoms with Gasteiger partial charge in [-0.15, -0.1) is 0 Å². The summed E-state index contributed by atoms with van der Waals surface area (Å²) in [6.45, 7) is 6.47. The molecule has 0 aromatic heterocycles. The van der Waals surface area contributed by atoms with E-state index >= 15 is 0 Å². The maximum Gasteiger partial charge on any atom is 0.162 e. The van der Waals surface area contributed by atoms with Crippen LogP contribution in [-0.4, -0.2) is 24.6 Å². The molecule has 0 aliphatic carbocycles. The Morgan fingerprint density at radius 3 is 2.86 bits per heavy atom. The van der Waals surface area contributed by atoms with E-state index in [1.807, 2.05) is 20.8 Å². The van der Waals surface area contributed by atoms with Gasteiger partial charge in [0.05, 0.1) is 18.3 Å². The highest BCUT2D eigenvalue weighted by Crippen LogP contribution is 2.20. The van der Waals surface area contributed by atoms with Gasteiger partial charge in [0.15, 0.2) is 5.78 Å². The van der Waals surface area contributed by atoms with Crippen molar-refractivity contribution in [3.05, 3.63) is 11.8 Å². The van der Waals surface area contributed by atoms with Crippen LogP contribution in [0.25, 0.3) is 0 Å². The molecule has 0 spiro atoms.